The Hall–Kier alpha value is -1.88. The highest BCUT2D eigenvalue weighted by Gasteiger charge is 2.14. The number of nitrogens with zero attached hydrogens (tertiary/aromatic N) is 1. The van der Waals surface area contributed by atoms with Crippen molar-refractivity contribution in [3.8, 4) is 16.3 Å². The number of carbonyl (C=O) groups excluding carboxylic acids is 1. The normalized spacial score (nSPS) is 10.2. The lowest BCUT2D eigenvalue weighted by Gasteiger charge is -2.00. The highest BCUT2D eigenvalue weighted by molar-refractivity contribution is 7.17. The molecule has 0 aliphatic heterocycles. The third kappa shape index (κ3) is 2.36. The first-order valence-electron chi connectivity index (χ1n) is 5.49. The summed E-state index contributed by atoms with van der Waals surface area (Å²) in [6.45, 7) is 1.84. The van der Waals surface area contributed by atoms with Crippen LogP contribution in [-0.2, 0) is 0 Å². The van der Waals surface area contributed by atoms with Gasteiger partial charge in [-0.25, -0.2) is 4.98 Å². The Morgan fingerprint density at radius 1 is 1.33 bits per heavy atom. The van der Waals surface area contributed by atoms with Crippen LogP contribution in [0.2, 0.25) is 0 Å². The Labute approximate surface area is 110 Å². The van der Waals surface area contributed by atoms with Gasteiger partial charge in [-0.3, -0.25) is 4.79 Å². The van der Waals surface area contributed by atoms with Crippen LogP contribution in [0.1, 0.15) is 15.4 Å². The van der Waals surface area contributed by atoms with Gasteiger partial charge in [0.25, 0.3) is 5.91 Å². The highest BCUT2D eigenvalue weighted by atomic mass is 32.1. The molecule has 18 heavy (non-hydrogen) atoms. The van der Waals surface area contributed by atoms with Crippen LogP contribution in [0.15, 0.2) is 24.3 Å². The number of hydrogen-bond acceptors (Lipinski definition) is 4. The van der Waals surface area contributed by atoms with Gasteiger partial charge in [0, 0.05) is 12.6 Å². The smallest absolute Gasteiger partial charge is 0.263 e. The summed E-state index contributed by atoms with van der Waals surface area (Å²) in [6.07, 6.45) is 0. The van der Waals surface area contributed by atoms with Crippen LogP contribution < -0.4 is 10.1 Å². The summed E-state index contributed by atoms with van der Waals surface area (Å²) in [4.78, 5) is 16.7. The van der Waals surface area contributed by atoms with Crippen LogP contribution in [0.3, 0.4) is 0 Å². The molecule has 94 valence electrons. The van der Waals surface area contributed by atoms with Crippen molar-refractivity contribution in [3.63, 3.8) is 0 Å². The Kier molecular flexibility index (Phi) is 3.62. The van der Waals surface area contributed by atoms with E-state index >= 15 is 0 Å². The highest BCUT2D eigenvalue weighted by Crippen LogP contribution is 2.29. The van der Waals surface area contributed by atoms with Gasteiger partial charge in [-0.15, -0.1) is 11.3 Å². The van der Waals surface area contributed by atoms with Crippen molar-refractivity contribution < 1.29 is 9.53 Å². The zero-order valence-electron chi connectivity index (χ0n) is 10.5. The molecular formula is C13H14N2O2S. The number of rotatable bonds is 3. The van der Waals surface area contributed by atoms with E-state index in [0.717, 1.165) is 22.0 Å². The van der Waals surface area contributed by atoms with E-state index in [1.54, 1.807) is 14.2 Å². The molecule has 1 amide bonds. The van der Waals surface area contributed by atoms with Gasteiger partial charge in [-0.05, 0) is 31.2 Å². The van der Waals surface area contributed by atoms with Crippen molar-refractivity contribution in [2.45, 2.75) is 6.92 Å². The monoisotopic (exact) mass is 262 g/mol. The maximum Gasteiger partial charge on any atom is 0.263 e. The molecule has 0 fully saturated rings. The summed E-state index contributed by atoms with van der Waals surface area (Å²) >= 11 is 1.39. The molecule has 0 aliphatic rings. The number of ether oxygens (including phenoxy) is 1. The molecule has 2 aromatic rings. The summed E-state index contributed by atoms with van der Waals surface area (Å²) in [6, 6.07) is 7.63. The van der Waals surface area contributed by atoms with E-state index in [9.17, 15) is 4.79 Å². The van der Waals surface area contributed by atoms with Gasteiger partial charge in [0.05, 0.1) is 12.8 Å². The second-order valence-corrected chi connectivity index (χ2v) is 4.74. The van der Waals surface area contributed by atoms with Gasteiger partial charge in [-0.1, -0.05) is 0 Å². The lowest BCUT2D eigenvalue weighted by Crippen LogP contribution is -2.17. The van der Waals surface area contributed by atoms with Crippen LogP contribution in [0, 0.1) is 6.92 Å². The Balaban J connectivity index is 2.36. The second kappa shape index (κ2) is 5.18. The fourth-order valence-electron chi connectivity index (χ4n) is 1.58. The number of nitrogens with one attached hydrogen (secondary N) is 1. The van der Waals surface area contributed by atoms with E-state index in [1.165, 1.54) is 11.3 Å². The van der Waals surface area contributed by atoms with E-state index in [0.29, 0.717) is 4.88 Å². The molecule has 0 saturated carbocycles. The number of benzene rings is 1. The van der Waals surface area contributed by atoms with Gasteiger partial charge in [0.15, 0.2) is 0 Å². The fourth-order valence-corrected chi connectivity index (χ4v) is 2.60. The van der Waals surface area contributed by atoms with E-state index in [2.05, 4.69) is 10.3 Å². The van der Waals surface area contributed by atoms with Gasteiger partial charge in [-0.2, -0.15) is 0 Å². The number of hydrogen-bond donors (Lipinski definition) is 1. The number of carbonyl (C=O) groups is 1. The Morgan fingerprint density at radius 3 is 2.56 bits per heavy atom. The summed E-state index contributed by atoms with van der Waals surface area (Å²) in [5.74, 6) is 0.711. The standard InChI is InChI=1S/C13H14N2O2S/c1-8-11(12(16)14-2)18-13(15-8)9-4-6-10(17-3)7-5-9/h4-7H,1-3H3,(H,14,16). The molecule has 2 rings (SSSR count). The predicted molar refractivity (Wildman–Crippen MR) is 72.2 cm³/mol. The van der Waals surface area contributed by atoms with Gasteiger partial charge in [0.1, 0.15) is 15.6 Å². The molecule has 1 heterocycles. The molecule has 0 atom stereocenters. The molecule has 1 N–H and O–H groups in total. The maximum atomic E-state index is 11.6. The van der Waals surface area contributed by atoms with Gasteiger partial charge < -0.3 is 10.1 Å². The van der Waals surface area contributed by atoms with E-state index in [4.69, 9.17) is 4.74 Å². The summed E-state index contributed by atoms with van der Waals surface area (Å²) in [5, 5.41) is 3.46. The van der Waals surface area contributed by atoms with E-state index in [1.807, 2.05) is 31.2 Å². The number of thiazole rings is 1. The molecule has 0 saturated heterocycles. The number of aryl methyl sites for hydroxylation is 1. The molecular weight excluding hydrogens is 248 g/mol. The summed E-state index contributed by atoms with van der Waals surface area (Å²) in [7, 11) is 3.25. The summed E-state index contributed by atoms with van der Waals surface area (Å²) in [5.41, 5.74) is 1.74. The van der Waals surface area contributed by atoms with E-state index < -0.39 is 0 Å². The minimum atomic E-state index is -0.0928. The van der Waals surface area contributed by atoms with Crippen LogP contribution in [0.25, 0.3) is 10.6 Å². The molecule has 0 bridgehead atoms. The molecule has 0 radical (unpaired) electrons. The van der Waals surface area contributed by atoms with Crippen molar-refractivity contribution in [1.82, 2.24) is 10.3 Å². The van der Waals surface area contributed by atoms with Crippen LogP contribution >= 0.6 is 11.3 Å². The maximum absolute atomic E-state index is 11.6. The average Bonchev–Trinajstić information content (AvgIpc) is 2.80. The van der Waals surface area contributed by atoms with Crippen LogP contribution in [-0.4, -0.2) is 25.0 Å². The zero-order chi connectivity index (χ0) is 13.1. The number of amides is 1. The third-order valence-corrected chi connectivity index (χ3v) is 3.77. The SMILES string of the molecule is CNC(=O)c1sc(-c2ccc(OC)cc2)nc1C. The minimum Gasteiger partial charge on any atom is -0.497 e. The first kappa shape index (κ1) is 12.6. The molecule has 1 aromatic carbocycles. The minimum absolute atomic E-state index is 0.0928. The second-order valence-electron chi connectivity index (χ2n) is 3.74. The third-order valence-electron chi connectivity index (χ3n) is 2.57. The topological polar surface area (TPSA) is 51.2 Å². The van der Waals surface area contributed by atoms with Gasteiger partial charge >= 0.3 is 0 Å². The number of methoxy groups -OCH3 is 1. The molecule has 5 heteroatoms. The quantitative estimate of drug-likeness (QED) is 0.924. The van der Waals surface area contributed by atoms with Crippen molar-refractivity contribution in [2.75, 3.05) is 14.2 Å². The molecule has 0 spiro atoms. The molecule has 0 unspecified atom stereocenters. The van der Waals surface area contributed by atoms with Crippen LogP contribution in [0.4, 0.5) is 0 Å². The lowest BCUT2D eigenvalue weighted by molar-refractivity contribution is 0.0966. The van der Waals surface area contributed by atoms with Crippen molar-refractivity contribution >= 4 is 17.2 Å². The predicted octanol–water partition coefficient (Wildman–Crippen LogP) is 2.49. The fraction of sp³-hybridized carbons (Fsp3) is 0.231. The first-order valence-corrected chi connectivity index (χ1v) is 6.31. The zero-order valence-corrected chi connectivity index (χ0v) is 11.3. The summed E-state index contributed by atoms with van der Waals surface area (Å²) < 4.78 is 5.11. The number of aromatic nitrogens is 1. The first-order chi connectivity index (χ1) is 8.65. The molecule has 4 nitrogen and oxygen atoms in total. The van der Waals surface area contributed by atoms with E-state index in [-0.39, 0.29) is 5.91 Å². The molecule has 0 aliphatic carbocycles. The van der Waals surface area contributed by atoms with Crippen molar-refractivity contribution in [3.05, 3.63) is 34.8 Å². The lowest BCUT2D eigenvalue weighted by atomic mass is 10.2. The van der Waals surface area contributed by atoms with Crippen molar-refractivity contribution in [1.29, 1.82) is 0 Å². The van der Waals surface area contributed by atoms with Crippen molar-refractivity contribution in [2.24, 2.45) is 0 Å². The largest absolute Gasteiger partial charge is 0.497 e. The van der Waals surface area contributed by atoms with Gasteiger partial charge in [0.2, 0.25) is 0 Å². The molecule has 1 aromatic heterocycles. The average molecular weight is 262 g/mol. The Bertz CT molecular complexity index is 561. The Morgan fingerprint density at radius 2 is 2.00 bits per heavy atom. The van der Waals surface area contributed by atoms with Crippen LogP contribution in [0.5, 0.6) is 5.75 Å².